The van der Waals surface area contributed by atoms with Gasteiger partial charge in [0.25, 0.3) is 5.91 Å². The average Bonchev–Trinajstić information content (AvgIpc) is 2.41. The lowest BCUT2D eigenvalue weighted by atomic mass is 10.2. The number of rotatable bonds is 3. The number of halogens is 2. The first kappa shape index (κ1) is 13.0. The van der Waals surface area contributed by atoms with Crippen LogP contribution < -0.4 is 16.6 Å². The molecular weight excluding hydrogens is 273 g/mol. The molecule has 6 nitrogen and oxygen atoms in total. The van der Waals surface area contributed by atoms with Crippen molar-refractivity contribution in [1.29, 1.82) is 0 Å². The summed E-state index contributed by atoms with van der Waals surface area (Å²) in [4.78, 5) is 19.2. The molecule has 0 unspecified atom stereocenters. The maximum absolute atomic E-state index is 12.7. The number of hydrogen-bond donors (Lipinski definition) is 3. The highest BCUT2D eigenvalue weighted by Crippen LogP contribution is 2.20. The maximum atomic E-state index is 12.7. The summed E-state index contributed by atoms with van der Waals surface area (Å²) >= 11 is 5.69. The number of anilines is 2. The van der Waals surface area contributed by atoms with Crippen LogP contribution in [-0.2, 0) is 0 Å². The molecule has 0 spiro atoms. The van der Waals surface area contributed by atoms with E-state index in [0.29, 0.717) is 0 Å². The van der Waals surface area contributed by atoms with Crippen LogP contribution in [0.15, 0.2) is 30.6 Å². The number of carbonyl (C=O) groups is 1. The fourth-order valence-electron chi connectivity index (χ4n) is 1.26. The molecule has 8 heteroatoms. The topological polar surface area (TPSA) is 92.9 Å². The number of benzene rings is 1. The molecule has 0 bridgehead atoms. The number of nitrogen functional groups attached to an aromatic ring is 1. The van der Waals surface area contributed by atoms with Crippen molar-refractivity contribution in [1.82, 2.24) is 15.4 Å². The first-order valence-electron chi connectivity index (χ1n) is 5.16. The summed E-state index contributed by atoms with van der Waals surface area (Å²) in [5, 5.41) is 0.0773. The first-order valence-corrected chi connectivity index (χ1v) is 5.53. The van der Waals surface area contributed by atoms with E-state index in [-0.39, 0.29) is 22.2 Å². The van der Waals surface area contributed by atoms with Crippen LogP contribution in [0.5, 0.6) is 0 Å². The number of hydrazine groups is 1. The van der Waals surface area contributed by atoms with Gasteiger partial charge in [-0.1, -0.05) is 11.6 Å². The van der Waals surface area contributed by atoms with Gasteiger partial charge in [-0.25, -0.2) is 14.4 Å². The summed E-state index contributed by atoms with van der Waals surface area (Å²) in [6, 6.07) is 5.07. The number of nitrogens with one attached hydrogen (secondary N) is 2. The SMILES string of the molecule is Nc1c(Cl)ncnc1NNC(=O)c1ccc(F)cc1. The van der Waals surface area contributed by atoms with Gasteiger partial charge in [0.15, 0.2) is 11.0 Å². The van der Waals surface area contributed by atoms with Gasteiger partial charge in [0.05, 0.1) is 0 Å². The Morgan fingerprint density at radius 1 is 1.26 bits per heavy atom. The molecule has 1 aromatic heterocycles. The smallest absolute Gasteiger partial charge is 0.269 e. The van der Waals surface area contributed by atoms with E-state index in [4.69, 9.17) is 17.3 Å². The van der Waals surface area contributed by atoms with Gasteiger partial charge < -0.3 is 5.73 Å². The molecule has 1 heterocycles. The molecule has 98 valence electrons. The van der Waals surface area contributed by atoms with E-state index < -0.39 is 11.7 Å². The highest BCUT2D eigenvalue weighted by atomic mass is 35.5. The number of amides is 1. The summed E-state index contributed by atoms with van der Waals surface area (Å²) in [6.45, 7) is 0. The number of hydrogen-bond acceptors (Lipinski definition) is 5. The Bertz CT molecular complexity index is 605. The Kier molecular flexibility index (Phi) is 3.76. The minimum Gasteiger partial charge on any atom is -0.393 e. The minimum atomic E-state index is -0.464. The van der Waals surface area contributed by atoms with E-state index in [2.05, 4.69) is 20.8 Å². The largest absolute Gasteiger partial charge is 0.393 e. The molecule has 0 saturated carbocycles. The molecule has 1 amide bonds. The second kappa shape index (κ2) is 5.49. The molecule has 0 aliphatic rings. The van der Waals surface area contributed by atoms with Gasteiger partial charge in [-0.05, 0) is 24.3 Å². The lowest BCUT2D eigenvalue weighted by Crippen LogP contribution is -2.30. The van der Waals surface area contributed by atoms with Crippen LogP contribution in [0.25, 0.3) is 0 Å². The normalized spacial score (nSPS) is 10.0. The predicted molar refractivity (Wildman–Crippen MR) is 68.9 cm³/mol. The van der Waals surface area contributed by atoms with Gasteiger partial charge in [-0.3, -0.25) is 15.6 Å². The Morgan fingerprint density at radius 2 is 1.95 bits per heavy atom. The highest BCUT2D eigenvalue weighted by Gasteiger charge is 2.08. The summed E-state index contributed by atoms with van der Waals surface area (Å²) in [7, 11) is 0. The van der Waals surface area contributed by atoms with Crippen molar-refractivity contribution in [2.45, 2.75) is 0 Å². The van der Waals surface area contributed by atoms with Crippen LogP contribution in [0.3, 0.4) is 0 Å². The summed E-state index contributed by atoms with van der Waals surface area (Å²) < 4.78 is 12.7. The Balaban J connectivity index is 2.04. The quantitative estimate of drug-likeness (QED) is 0.587. The minimum absolute atomic E-state index is 0.0773. The predicted octanol–water partition coefficient (Wildman–Crippen LogP) is 1.61. The molecule has 1 aromatic carbocycles. The second-order valence-corrected chi connectivity index (χ2v) is 3.87. The van der Waals surface area contributed by atoms with Gasteiger partial charge >= 0.3 is 0 Å². The molecule has 4 N–H and O–H groups in total. The van der Waals surface area contributed by atoms with Crippen LogP contribution in [0.1, 0.15) is 10.4 Å². The molecule has 0 radical (unpaired) electrons. The third-order valence-electron chi connectivity index (χ3n) is 2.24. The van der Waals surface area contributed by atoms with Crippen molar-refractivity contribution < 1.29 is 9.18 Å². The Hall–Kier alpha value is -2.41. The van der Waals surface area contributed by atoms with Gasteiger partial charge in [0, 0.05) is 5.56 Å². The fraction of sp³-hybridized carbons (Fsp3) is 0. The molecule has 19 heavy (non-hydrogen) atoms. The third kappa shape index (κ3) is 3.08. The molecule has 2 rings (SSSR count). The maximum Gasteiger partial charge on any atom is 0.269 e. The highest BCUT2D eigenvalue weighted by molar-refractivity contribution is 6.32. The standard InChI is InChI=1S/C11H9ClFN5O/c12-9-8(14)10(16-5-15-9)17-18-11(19)6-1-3-7(13)4-2-6/h1-5H,14H2,(H,18,19)(H,15,16,17). The first-order chi connectivity index (χ1) is 9.08. The summed E-state index contributed by atoms with van der Waals surface area (Å²) in [5.74, 6) is -0.707. The molecular formula is C11H9ClFN5O. The van der Waals surface area contributed by atoms with Crippen LogP contribution in [0, 0.1) is 5.82 Å². The van der Waals surface area contributed by atoms with E-state index in [0.717, 1.165) is 0 Å². The van der Waals surface area contributed by atoms with E-state index in [9.17, 15) is 9.18 Å². The number of nitrogens with two attached hydrogens (primary N) is 1. The number of aromatic nitrogens is 2. The molecule has 0 atom stereocenters. The van der Waals surface area contributed by atoms with Crippen molar-refractivity contribution in [2.75, 3.05) is 11.2 Å². The third-order valence-corrected chi connectivity index (χ3v) is 2.54. The van der Waals surface area contributed by atoms with E-state index in [1.165, 1.54) is 30.6 Å². The van der Waals surface area contributed by atoms with Gasteiger partial charge in [-0.15, -0.1) is 0 Å². The second-order valence-electron chi connectivity index (χ2n) is 3.51. The zero-order valence-electron chi connectivity index (χ0n) is 9.52. The number of nitrogens with zero attached hydrogens (tertiary/aromatic N) is 2. The Labute approximate surface area is 112 Å². The van der Waals surface area contributed by atoms with E-state index >= 15 is 0 Å². The van der Waals surface area contributed by atoms with Crippen LogP contribution in [0.4, 0.5) is 15.9 Å². The monoisotopic (exact) mass is 281 g/mol. The van der Waals surface area contributed by atoms with E-state index in [1.54, 1.807) is 0 Å². The van der Waals surface area contributed by atoms with Crippen LogP contribution in [-0.4, -0.2) is 15.9 Å². The zero-order valence-corrected chi connectivity index (χ0v) is 10.3. The fourth-order valence-corrected chi connectivity index (χ4v) is 1.40. The number of carbonyl (C=O) groups excluding carboxylic acids is 1. The van der Waals surface area contributed by atoms with Gasteiger partial charge in [0.2, 0.25) is 0 Å². The van der Waals surface area contributed by atoms with Gasteiger partial charge in [-0.2, -0.15) is 0 Å². The lowest BCUT2D eigenvalue weighted by Gasteiger charge is -2.09. The molecule has 0 aliphatic heterocycles. The van der Waals surface area contributed by atoms with Crippen molar-refractivity contribution >= 4 is 29.0 Å². The molecule has 0 fully saturated rings. The van der Waals surface area contributed by atoms with Crippen molar-refractivity contribution in [3.8, 4) is 0 Å². The van der Waals surface area contributed by atoms with Crippen LogP contribution in [0.2, 0.25) is 5.15 Å². The zero-order chi connectivity index (χ0) is 13.8. The van der Waals surface area contributed by atoms with E-state index in [1.807, 2.05) is 0 Å². The van der Waals surface area contributed by atoms with Crippen molar-refractivity contribution in [2.24, 2.45) is 0 Å². The van der Waals surface area contributed by atoms with Gasteiger partial charge in [0.1, 0.15) is 17.8 Å². The summed E-state index contributed by atoms with van der Waals surface area (Å²) in [6.07, 6.45) is 1.20. The Morgan fingerprint density at radius 3 is 2.63 bits per heavy atom. The lowest BCUT2D eigenvalue weighted by molar-refractivity contribution is 0.0962. The van der Waals surface area contributed by atoms with Crippen LogP contribution >= 0.6 is 11.6 Å². The molecule has 2 aromatic rings. The average molecular weight is 282 g/mol. The molecule has 0 aliphatic carbocycles. The molecule has 0 saturated heterocycles. The van der Waals surface area contributed by atoms with Crippen molar-refractivity contribution in [3.63, 3.8) is 0 Å². The van der Waals surface area contributed by atoms with Crippen molar-refractivity contribution in [3.05, 3.63) is 47.1 Å². The summed E-state index contributed by atoms with van der Waals surface area (Å²) in [5.41, 5.74) is 10.9.